The highest BCUT2D eigenvalue weighted by Crippen LogP contribution is 2.33. The molecule has 1 aromatic carbocycles. The first-order valence-corrected chi connectivity index (χ1v) is 9.20. The van der Waals surface area contributed by atoms with Gasteiger partial charge in [-0.05, 0) is 43.6 Å². The second kappa shape index (κ2) is 7.64. The van der Waals surface area contributed by atoms with Crippen molar-refractivity contribution in [2.24, 2.45) is 0 Å². The first kappa shape index (κ1) is 17.3. The van der Waals surface area contributed by atoms with E-state index in [0.717, 1.165) is 24.0 Å². The number of ether oxygens (including phenoxy) is 2. The molecule has 1 N–H and O–H groups in total. The molecule has 1 aromatic heterocycles. The number of hydrogen-bond acceptors (Lipinski definition) is 6. The zero-order valence-corrected chi connectivity index (χ0v) is 14.9. The lowest BCUT2D eigenvalue weighted by Gasteiger charge is -2.15. The second-order valence-corrected chi connectivity index (χ2v) is 6.94. The predicted octanol–water partition coefficient (Wildman–Crippen LogP) is 3.07. The van der Waals surface area contributed by atoms with Crippen LogP contribution in [0.2, 0.25) is 6.32 Å². The highest BCUT2D eigenvalue weighted by Gasteiger charge is 2.30. The van der Waals surface area contributed by atoms with Gasteiger partial charge in [-0.25, -0.2) is 4.98 Å². The van der Waals surface area contributed by atoms with Gasteiger partial charge in [-0.1, -0.05) is 18.2 Å². The quantitative estimate of drug-likeness (QED) is 0.832. The summed E-state index contributed by atoms with van der Waals surface area (Å²) >= 11 is 0. The molecule has 0 amide bonds. The van der Waals surface area contributed by atoms with Gasteiger partial charge < -0.3 is 19.2 Å². The molecular formula is C19H23BN2O4. The van der Waals surface area contributed by atoms with Gasteiger partial charge in [0.15, 0.2) is 11.6 Å². The molecule has 1 aliphatic carbocycles. The Balaban J connectivity index is 1.60. The Labute approximate surface area is 153 Å². The molecule has 0 bridgehead atoms. The van der Waals surface area contributed by atoms with Gasteiger partial charge in [0, 0.05) is 18.1 Å². The van der Waals surface area contributed by atoms with E-state index in [0.29, 0.717) is 30.4 Å². The summed E-state index contributed by atoms with van der Waals surface area (Å²) < 4.78 is 16.7. The van der Waals surface area contributed by atoms with Crippen molar-refractivity contribution >= 4 is 7.12 Å². The molecule has 6 nitrogen and oxygen atoms in total. The Hall–Kier alpha value is -2.12. The number of rotatable bonds is 5. The maximum Gasteiger partial charge on any atom is 0.454 e. The van der Waals surface area contributed by atoms with Crippen LogP contribution in [-0.2, 0) is 4.65 Å². The predicted molar refractivity (Wildman–Crippen MR) is 98.4 cm³/mol. The average Bonchev–Trinajstić information content (AvgIpc) is 3.33. The van der Waals surface area contributed by atoms with Crippen LogP contribution in [0.5, 0.6) is 11.6 Å². The monoisotopic (exact) mass is 354 g/mol. The average molecular weight is 354 g/mol. The van der Waals surface area contributed by atoms with Crippen molar-refractivity contribution in [1.82, 2.24) is 9.97 Å². The van der Waals surface area contributed by atoms with Crippen LogP contribution in [-0.4, -0.2) is 41.9 Å². The highest BCUT2D eigenvalue weighted by molar-refractivity contribution is 6.43. The van der Waals surface area contributed by atoms with Gasteiger partial charge in [-0.3, -0.25) is 0 Å². The van der Waals surface area contributed by atoms with Crippen molar-refractivity contribution in [3.05, 3.63) is 36.0 Å². The van der Waals surface area contributed by atoms with Crippen molar-refractivity contribution in [3.8, 4) is 23.0 Å². The van der Waals surface area contributed by atoms with Gasteiger partial charge in [0.1, 0.15) is 6.10 Å². The number of aromatic nitrogens is 2. The molecule has 1 unspecified atom stereocenters. The molecule has 26 heavy (non-hydrogen) atoms. The normalized spacial score (nSPS) is 20.5. The molecule has 2 fully saturated rings. The van der Waals surface area contributed by atoms with Crippen LogP contribution < -0.4 is 9.47 Å². The van der Waals surface area contributed by atoms with Gasteiger partial charge in [0.25, 0.3) is 5.88 Å². The smallest absolute Gasteiger partial charge is 0.454 e. The third-order valence-electron chi connectivity index (χ3n) is 5.11. The van der Waals surface area contributed by atoms with E-state index >= 15 is 0 Å². The molecule has 1 saturated heterocycles. The Morgan fingerprint density at radius 1 is 1.27 bits per heavy atom. The Bertz CT molecular complexity index is 767. The van der Waals surface area contributed by atoms with Crippen LogP contribution >= 0.6 is 0 Å². The number of benzene rings is 1. The summed E-state index contributed by atoms with van der Waals surface area (Å²) in [6.45, 7) is 0.532. The number of methoxy groups -OCH3 is 1. The summed E-state index contributed by atoms with van der Waals surface area (Å²) in [7, 11) is 0.929. The Morgan fingerprint density at radius 2 is 2.12 bits per heavy atom. The summed E-state index contributed by atoms with van der Waals surface area (Å²) in [5, 5.41) is 9.60. The Morgan fingerprint density at radius 3 is 2.85 bits per heavy atom. The zero-order valence-electron chi connectivity index (χ0n) is 14.9. The van der Waals surface area contributed by atoms with Gasteiger partial charge >= 0.3 is 7.12 Å². The van der Waals surface area contributed by atoms with Crippen molar-refractivity contribution in [2.75, 3.05) is 13.7 Å². The van der Waals surface area contributed by atoms with Gasteiger partial charge in [0.05, 0.1) is 13.3 Å². The van der Waals surface area contributed by atoms with E-state index < -0.39 is 7.12 Å². The summed E-state index contributed by atoms with van der Waals surface area (Å²) in [5.41, 5.74) is 2.04. The molecular weight excluding hydrogens is 331 g/mol. The first-order valence-electron chi connectivity index (χ1n) is 9.20. The van der Waals surface area contributed by atoms with Gasteiger partial charge in [-0.2, -0.15) is 4.98 Å². The summed E-state index contributed by atoms with van der Waals surface area (Å²) in [5.74, 6) is 1.87. The topological polar surface area (TPSA) is 73.7 Å². The molecule has 0 spiro atoms. The molecule has 1 aliphatic heterocycles. The van der Waals surface area contributed by atoms with Crippen molar-refractivity contribution in [2.45, 2.75) is 44.0 Å². The van der Waals surface area contributed by atoms with Crippen LogP contribution in [0.4, 0.5) is 0 Å². The maximum atomic E-state index is 9.60. The SMILES string of the molecule is COc1cnc(-c2cccc(C3COB(O)C3)c2)nc1OC1CCCC1. The van der Waals surface area contributed by atoms with E-state index in [1.807, 2.05) is 12.1 Å². The zero-order chi connectivity index (χ0) is 17.9. The second-order valence-electron chi connectivity index (χ2n) is 6.94. The number of nitrogens with zero attached hydrogens (tertiary/aromatic N) is 2. The van der Waals surface area contributed by atoms with E-state index in [9.17, 15) is 5.02 Å². The standard InChI is InChI=1S/C19H23BN2O4/c1-24-17-11-21-18(22-19(17)26-16-7-2-3-8-16)14-6-4-5-13(9-14)15-10-20(23)25-12-15/h4-6,9,11,15-16,23H,2-3,7-8,10,12H2,1H3. The van der Waals surface area contributed by atoms with Gasteiger partial charge in [-0.15, -0.1) is 0 Å². The summed E-state index contributed by atoms with van der Waals surface area (Å²) in [6.07, 6.45) is 6.99. The number of hydrogen-bond donors (Lipinski definition) is 1. The fourth-order valence-electron chi connectivity index (χ4n) is 3.65. The van der Waals surface area contributed by atoms with Crippen LogP contribution in [0.25, 0.3) is 11.4 Å². The highest BCUT2D eigenvalue weighted by atomic mass is 16.5. The van der Waals surface area contributed by atoms with Crippen LogP contribution in [0.15, 0.2) is 30.5 Å². The summed E-state index contributed by atoms with van der Waals surface area (Å²) in [6, 6.07) is 8.08. The van der Waals surface area contributed by atoms with Crippen molar-refractivity contribution in [3.63, 3.8) is 0 Å². The van der Waals surface area contributed by atoms with Crippen LogP contribution in [0, 0.1) is 0 Å². The Kier molecular flexibility index (Phi) is 5.08. The third-order valence-corrected chi connectivity index (χ3v) is 5.11. The van der Waals surface area contributed by atoms with Crippen LogP contribution in [0.1, 0.15) is 37.2 Å². The first-order chi connectivity index (χ1) is 12.7. The van der Waals surface area contributed by atoms with E-state index in [4.69, 9.17) is 14.1 Å². The molecule has 7 heteroatoms. The molecule has 2 aromatic rings. The van der Waals surface area contributed by atoms with E-state index in [1.54, 1.807) is 13.3 Å². The minimum atomic E-state index is -0.674. The van der Waals surface area contributed by atoms with Crippen molar-refractivity contribution in [1.29, 1.82) is 0 Å². The van der Waals surface area contributed by atoms with E-state index in [-0.39, 0.29) is 12.0 Å². The lowest BCUT2D eigenvalue weighted by Crippen LogP contribution is -2.13. The molecule has 136 valence electrons. The minimum Gasteiger partial charge on any atom is -0.490 e. The fourth-order valence-corrected chi connectivity index (χ4v) is 3.65. The molecule has 0 radical (unpaired) electrons. The lowest BCUT2D eigenvalue weighted by molar-refractivity contribution is 0.191. The maximum absolute atomic E-state index is 9.60. The fraction of sp³-hybridized carbons (Fsp3) is 0.474. The van der Waals surface area contributed by atoms with Crippen LogP contribution in [0.3, 0.4) is 0 Å². The lowest BCUT2D eigenvalue weighted by atomic mass is 9.79. The summed E-state index contributed by atoms with van der Waals surface area (Å²) in [4.78, 5) is 9.06. The largest absolute Gasteiger partial charge is 0.490 e. The molecule has 4 rings (SSSR count). The third kappa shape index (κ3) is 3.69. The molecule has 2 aliphatic rings. The molecule has 2 heterocycles. The van der Waals surface area contributed by atoms with E-state index in [2.05, 4.69) is 22.1 Å². The van der Waals surface area contributed by atoms with E-state index in [1.165, 1.54) is 12.8 Å². The van der Waals surface area contributed by atoms with Gasteiger partial charge in [0.2, 0.25) is 0 Å². The van der Waals surface area contributed by atoms with Crippen molar-refractivity contribution < 1.29 is 19.2 Å². The molecule has 1 saturated carbocycles. The molecule has 1 atom stereocenters. The minimum absolute atomic E-state index is 0.192.